The van der Waals surface area contributed by atoms with Crippen LogP contribution in [0.2, 0.25) is 5.15 Å². The van der Waals surface area contributed by atoms with E-state index in [9.17, 15) is 0 Å². The second-order valence-electron chi connectivity index (χ2n) is 10.1. The van der Waals surface area contributed by atoms with Gasteiger partial charge in [-0.05, 0) is 68.9 Å². The van der Waals surface area contributed by atoms with E-state index >= 15 is 0 Å². The molecule has 31 heavy (non-hydrogen) atoms. The van der Waals surface area contributed by atoms with Crippen LogP contribution < -0.4 is 0 Å². The zero-order valence-electron chi connectivity index (χ0n) is 18.2. The van der Waals surface area contributed by atoms with Gasteiger partial charge >= 0.3 is 0 Å². The Morgan fingerprint density at radius 1 is 1.19 bits per heavy atom. The zero-order valence-corrected chi connectivity index (χ0v) is 18.9. The number of aromatic amines is 1. The molecule has 7 rings (SSSR count). The number of aryl methyl sites for hydroxylation is 2. The lowest BCUT2D eigenvalue weighted by atomic mass is 9.50. The largest absolute Gasteiger partial charge is 0.332 e. The third-order valence-corrected chi connectivity index (χ3v) is 8.05. The Balaban J connectivity index is 1.41. The van der Waals surface area contributed by atoms with Gasteiger partial charge in [0, 0.05) is 24.4 Å². The first kappa shape index (κ1) is 19.5. The Morgan fingerprint density at radius 3 is 2.68 bits per heavy atom. The minimum atomic E-state index is -0.0471. The van der Waals surface area contributed by atoms with Crippen molar-refractivity contribution in [3.05, 3.63) is 29.2 Å². The maximum atomic E-state index is 6.62. The van der Waals surface area contributed by atoms with E-state index in [-0.39, 0.29) is 11.1 Å². The molecule has 3 aromatic heterocycles. The van der Waals surface area contributed by atoms with Crippen LogP contribution in [0.25, 0.3) is 11.5 Å². The molecule has 164 valence electrons. The summed E-state index contributed by atoms with van der Waals surface area (Å²) < 4.78 is 2.38. The molecule has 4 aliphatic rings. The minimum absolute atomic E-state index is 0.00329. The van der Waals surface area contributed by atoms with Crippen LogP contribution in [-0.2, 0) is 17.5 Å². The molecule has 0 saturated heterocycles. The molecule has 8 nitrogen and oxygen atoms in total. The van der Waals surface area contributed by atoms with Crippen molar-refractivity contribution in [3.8, 4) is 11.5 Å². The van der Waals surface area contributed by atoms with Crippen molar-refractivity contribution < 1.29 is 0 Å². The number of nitrogens with one attached hydrogen (secondary N) is 1. The van der Waals surface area contributed by atoms with Crippen molar-refractivity contribution in [1.29, 1.82) is 0 Å². The van der Waals surface area contributed by atoms with Gasteiger partial charge in [-0.25, -0.2) is 9.97 Å². The molecule has 0 aliphatic heterocycles. The number of unbranched alkanes of at least 4 members (excludes halogenated alkanes) is 1. The average molecular weight is 441 g/mol. The summed E-state index contributed by atoms with van der Waals surface area (Å²) in [6.07, 6.45) is 14.1. The molecule has 3 heterocycles. The molecule has 4 fully saturated rings. The highest BCUT2D eigenvalue weighted by Crippen LogP contribution is 2.63. The van der Waals surface area contributed by atoms with Gasteiger partial charge in [-0.15, -0.1) is 10.2 Å². The molecule has 0 spiro atoms. The van der Waals surface area contributed by atoms with Gasteiger partial charge in [0.1, 0.15) is 16.7 Å². The van der Waals surface area contributed by atoms with Gasteiger partial charge in [-0.2, -0.15) is 4.80 Å². The molecule has 3 aromatic rings. The third-order valence-electron chi connectivity index (χ3n) is 7.78. The van der Waals surface area contributed by atoms with Crippen LogP contribution in [0.15, 0.2) is 12.4 Å². The van der Waals surface area contributed by atoms with Crippen molar-refractivity contribution >= 4 is 11.6 Å². The average Bonchev–Trinajstić information content (AvgIpc) is 3.45. The van der Waals surface area contributed by atoms with Crippen molar-refractivity contribution in [1.82, 2.24) is 39.7 Å². The Kier molecular flexibility index (Phi) is 4.32. The van der Waals surface area contributed by atoms with E-state index in [0.29, 0.717) is 17.0 Å². The van der Waals surface area contributed by atoms with Crippen LogP contribution in [0.3, 0.4) is 0 Å². The molecule has 9 heteroatoms. The van der Waals surface area contributed by atoms with Crippen LogP contribution in [0.5, 0.6) is 0 Å². The fourth-order valence-electron chi connectivity index (χ4n) is 7.04. The predicted octanol–water partition coefficient (Wildman–Crippen LogP) is 4.27. The quantitative estimate of drug-likeness (QED) is 0.618. The lowest BCUT2D eigenvalue weighted by molar-refractivity contribution is -0.103. The summed E-state index contributed by atoms with van der Waals surface area (Å²) in [6, 6.07) is 0. The van der Waals surface area contributed by atoms with E-state index < -0.39 is 0 Å². The minimum Gasteiger partial charge on any atom is -0.332 e. The SMILES string of the molecule is CCCCc1nc(-c2nccn2C23CC4CC(CC(n5nnc(C)n5)(C4)C2)C3)c(Cl)[nH]1. The van der Waals surface area contributed by atoms with Gasteiger partial charge in [-0.1, -0.05) is 24.9 Å². The number of halogens is 1. The number of hydrogen-bond acceptors (Lipinski definition) is 5. The van der Waals surface area contributed by atoms with E-state index in [1.807, 2.05) is 17.9 Å². The summed E-state index contributed by atoms with van der Waals surface area (Å²) in [7, 11) is 0. The van der Waals surface area contributed by atoms with Gasteiger partial charge in [0.05, 0.1) is 5.54 Å². The molecular formula is C22H29ClN8. The lowest BCUT2D eigenvalue weighted by Crippen LogP contribution is -2.60. The first-order valence-corrected chi connectivity index (χ1v) is 11.9. The second kappa shape index (κ2) is 6.89. The highest BCUT2D eigenvalue weighted by molar-refractivity contribution is 6.31. The molecule has 2 unspecified atom stereocenters. The van der Waals surface area contributed by atoms with Crippen molar-refractivity contribution in [3.63, 3.8) is 0 Å². The fourth-order valence-corrected chi connectivity index (χ4v) is 7.27. The number of aromatic nitrogens is 8. The number of nitrogens with zero attached hydrogens (tertiary/aromatic N) is 7. The molecule has 0 aromatic carbocycles. The molecule has 0 amide bonds. The van der Waals surface area contributed by atoms with Crippen LogP contribution in [0.4, 0.5) is 0 Å². The first-order chi connectivity index (χ1) is 15.0. The topological polar surface area (TPSA) is 90.1 Å². The lowest BCUT2D eigenvalue weighted by Gasteiger charge is -2.61. The maximum Gasteiger partial charge on any atom is 0.171 e. The summed E-state index contributed by atoms with van der Waals surface area (Å²) in [5, 5.41) is 13.9. The third kappa shape index (κ3) is 2.97. The molecule has 4 saturated carbocycles. The molecule has 4 aliphatic carbocycles. The fraction of sp³-hybridized carbons (Fsp3) is 0.682. The van der Waals surface area contributed by atoms with Crippen LogP contribution in [0.1, 0.15) is 69.9 Å². The zero-order chi connectivity index (χ0) is 21.2. The van der Waals surface area contributed by atoms with Crippen LogP contribution in [0, 0.1) is 18.8 Å². The molecule has 2 atom stereocenters. The second-order valence-corrected chi connectivity index (χ2v) is 10.5. The van der Waals surface area contributed by atoms with Crippen molar-refractivity contribution in [2.75, 3.05) is 0 Å². The van der Waals surface area contributed by atoms with Crippen LogP contribution >= 0.6 is 11.6 Å². The van der Waals surface area contributed by atoms with Crippen molar-refractivity contribution in [2.45, 2.75) is 82.7 Å². The predicted molar refractivity (Wildman–Crippen MR) is 117 cm³/mol. The molecule has 4 bridgehead atoms. The number of tetrazole rings is 1. The summed E-state index contributed by atoms with van der Waals surface area (Å²) in [4.78, 5) is 14.8. The molecule has 1 N–H and O–H groups in total. The van der Waals surface area contributed by atoms with Crippen molar-refractivity contribution in [2.24, 2.45) is 11.8 Å². The Hall–Kier alpha value is -2.22. The highest BCUT2D eigenvalue weighted by Gasteiger charge is 2.60. The summed E-state index contributed by atoms with van der Waals surface area (Å²) in [6.45, 7) is 4.11. The van der Waals surface area contributed by atoms with E-state index in [2.05, 4.69) is 38.1 Å². The van der Waals surface area contributed by atoms with Crippen LogP contribution in [-0.4, -0.2) is 39.7 Å². The maximum absolute atomic E-state index is 6.62. The number of H-pyrrole nitrogens is 1. The Labute approximate surface area is 186 Å². The number of rotatable bonds is 6. The Bertz CT molecular complexity index is 1100. The van der Waals surface area contributed by atoms with Gasteiger partial charge < -0.3 is 9.55 Å². The number of hydrogen-bond donors (Lipinski definition) is 1. The van der Waals surface area contributed by atoms with E-state index in [1.54, 1.807) is 0 Å². The normalized spacial score (nSPS) is 31.6. The number of imidazole rings is 2. The summed E-state index contributed by atoms with van der Waals surface area (Å²) in [5.74, 6) is 3.93. The van der Waals surface area contributed by atoms with Gasteiger partial charge in [0.2, 0.25) is 0 Å². The van der Waals surface area contributed by atoms with E-state index in [4.69, 9.17) is 21.6 Å². The first-order valence-electron chi connectivity index (χ1n) is 11.6. The van der Waals surface area contributed by atoms with E-state index in [1.165, 1.54) is 19.3 Å². The smallest absolute Gasteiger partial charge is 0.171 e. The van der Waals surface area contributed by atoms with E-state index in [0.717, 1.165) is 61.7 Å². The Morgan fingerprint density at radius 2 is 1.97 bits per heavy atom. The van der Waals surface area contributed by atoms with Gasteiger partial charge in [-0.3, -0.25) is 0 Å². The molecule has 0 radical (unpaired) electrons. The van der Waals surface area contributed by atoms with Gasteiger partial charge in [0.25, 0.3) is 0 Å². The molecular weight excluding hydrogens is 412 g/mol. The summed E-state index contributed by atoms with van der Waals surface area (Å²) in [5.41, 5.74) is 0.731. The monoisotopic (exact) mass is 440 g/mol. The highest BCUT2D eigenvalue weighted by atomic mass is 35.5. The summed E-state index contributed by atoms with van der Waals surface area (Å²) >= 11 is 6.62. The van der Waals surface area contributed by atoms with Gasteiger partial charge in [0.15, 0.2) is 11.6 Å². The standard InChI is InChI=1S/C22H29ClN8/c1-3-4-5-17-25-18(19(23)26-17)20-24-6-7-30(20)21-9-15-8-16(10-21)12-22(11-15,13-21)31-28-14(2)27-29-31/h6-7,15-16H,3-5,8-13H2,1-2H3,(H,25,26).